The molecule has 0 bridgehead atoms. The monoisotopic (exact) mass is 316 g/mol. The van der Waals surface area contributed by atoms with Gasteiger partial charge in [-0.25, -0.2) is 0 Å². The number of likely N-dealkylation sites (tertiary alicyclic amines) is 1. The van der Waals surface area contributed by atoms with Gasteiger partial charge in [-0.15, -0.1) is 0 Å². The third-order valence-electron chi connectivity index (χ3n) is 5.72. The van der Waals surface area contributed by atoms with Crippen LogP contribution >= 0.6 is 0 Å². The number of aliphatic hydroxyl groups excluding tert-OH is 1. The Balaban J connectivity index is 1.67. The summed E-state index contributed by atoms with van der Waals surface area (Å²) in [5, 5.41) is 17.9. The van der Waals surface area contributed by atoms with Crippen LogP contribution in [0.25, 0.3) is 32.3 Å². The molecule has 2 nitrogen and oxygen atoms in total. The molecule has 0 amide bonds. The highest BCUT2D eigenvalue weighted by Gasteiger charge is 2.21. The van der Waals surface area contributed by atoms with E-state index >= 15 is 0 Å². The number of benzene rings is 4. The summed E-state index contributed by atoms with van der Waals surface area (Å²) in [6, 6.07) is 20.2. The van der Waals surface area contributed by atoms with Crippen molar-refractivity contribution >= 4 is 32.3 Å². The number of hydrogen-bond donors (Lipinski definition) is 2. The van der Waals surface area contributed by atoms with Crippen LogP contribution in [0.2, 0.25) is 0 Å². The number of nitrogens with one attached hydrogen (secondary N) is 1. The molecule has 2 heteroatoms. The van der Waals surface area contributed by atoms with E-state index in [2.05, 4.69) is 54.6 Å². The van der Waals surface area contributed by atoms with E-state index < -0.39 is 0 Å². The van der Waals surface area contributed by atoms with Crippen LogP contribution in [-0.4, -0.2) is 24.3 Å². The standard InChI is InChI=1S/C22H21NO/c24-19-10-12-23(13-11-19)14-18-7-6-17-5-4-15-2-1-3-16-8-9-20(18)22(17)21(15)16/h1-9,19,24H,10-14H2/p+1. The van der Waals surface area contributed by atoms with Gasteiger partial charge >= 0.3 is 0 Å². The second kappa shape index (κ2) is 5.44. The van der Waals surface area contributed by atoms with Gasteiger partial charge in [0, 0.05) is 18.4 Å². The highest BCUT2D eigenvalue weighted by atomic mass is 16.3. The molecule has 1 heterocycles. The summed E-state index contributed by atoms with van der Waals surface area (Å²) in [6.07, 6.45) is 1.78. The first-order valence-electron chi connectivity index (χ1n) is 8.96. The second-order valence-electron chi connectivity index (χ2n) is 7.24. The first-order chi connectivity index (χ1) is 11.8. The molecule has 2 N–H and O–H groups in total. The molecule has 0 aromatic heterocycles. The number of hydrogen-bond acceptors (Lipinski definition) is 1. The van der Waals surface area contributed by atoms with Crippen molar-refractivity contribution in [3.63, 3.8) is 0 Å². The number of rotatable bonds is 2. The summed E-state index contributed by atoms with van der Waals surface area (Å²) in [6.45, 7) is 3.20. The average Bonchev–Trinajstić information content (AvgIpc) is 2.63. The van der Waals surface area contributed by atoms with Gasteiger partial charge in [-0.1, -0.05) is 54.6 Å². The Bertz CT molecular complexity index is 999. The molecule has 1 fully saturated rings. The summed E-state index contributed by atoms with van der Waals surface area (Å²) in [5.74, 6) is 0. The maximum Gasteiger partial charge on any atom is 0.103 e. The first kappa shape index (κ1) is 14.2. The molecule has 0 spiro atoms. The Kier molecular flexibility index (Phi) is 3.22. The van der Waals surface area contributed by atoms with Crippen LogP contribution in [0, 0.1) is 0 Å². The van der Waals surface area contributed by atoms with E-state index in [9.17, 15) is 5.11 Å². The molecule has 4 aromatic rings. The van der Waals surface area contributed by atoms with Gasteiger partial charge in [0.2, 0.25) is 0 Å². The van der Waals surface area contributed by atoms with Crippen LogP contribution in [-0.2, 0) is 6.54 Å². The Morgan fingerprint density at radius 3 is 2.17 bits per heavy atom. The smallest absolute Gasteiger partial charge is 0.103 e. The summed E-state index contributed by atoms with van der Waals surface area (Å²) >= 11 is 0. The van der Waals surface area contributed by atoms with Gasteiger partial charge in [0.15, 0.2) is 0 Å². The number of aliphatic hydroxyl groups is 1. The van der Waals surface area contributed by atoms with Gasteiger partial charge in [-0.2, -0.15) is 0 Å². The maximum absolute atomic E-state index is 9.74. The highest BCUT2D eigenvalue weighted by molar-refractivity contribution is 6.23. The van der Waals surface area contributed by atoms with Crippen molar-refractivity contribution in [3.8, 4) is 0 Å². The molecule has 1 aliphatic heterocycles. The second-order valence-corrected chi connectivity index (χ2v) is 7.24. The number of quaternary nitrogens is 1. The molecule has 5 rings (SSSR count). The van der Waals surface area contributed by atoms with Crippen LogP contribution in [0.3, 0.4) is 0 Å². The molecule has 0 unspecified atom stereocenters. The fourth-order valence-electron chi connectivity index (χ4n) is 4.41. The fraction of sp³-hybridized carbons (Fsp3) is 0.273. The lowest BCUT2D eigenvalue weighted by molar-refractivity contribution is -0.919. The van der Waals surface area contributed by atoms with E-state index in [0.29, 0.717) is 0 Å². The largest absolute Gasteiger partial charge is 0.393 e. The molecule has 1 saturated heterocycles. The topological polar surface area (TPSA) is 24.7 Å². The first-order valence-corrected chi connectivity index (χ1v) is 8.96. The van der Waals surface area contributed by atoms with E-state index in [1.165, 1.54) is 37.9 Å². The minimum absolute atomic E-state index is 0.0879. The van der Waals surface area contributed by atoms with Crippen LogP contribution in [0.4, 0.5) is 0 Å². The minimum Gasteiger partial charge on any atom is -0.393 e. The summed E-state index contributed by atoms with van der Waals surface area (Å²) < 4.78 is 0. The lowest BCUT2D eigenvalue weighted by Gasteiger charge is -2.27. The lowest BCUT2D eigenvalue weighted by Crippen LogP contribution is -3.12. The van der Waals surface area contributed by atoms with E-state index in [0.717, 1.165) is 32.5 Å². The third-order valence-corrected chi connectivity index (χ3v) is 5.72. The van der Waals surface area contributed by atoms with Crippen molar-refractivity contribution in [2.24, 2.45) is 0 Å². The van der Waals surface area contributed by atoms with E-state index in [1.54, 1.807) is 4.90 Å². The average molecular weight is 316 g/mol. The third kappa shape index (κ3) is 2.18. The van der Waals surface area contributed by atoms with Crippen molar-refractivity contribution < 1.29 is 10.0 Å². The maximum atomic E-state index is 9.74. The van der Waals surface area contributed by atoms with Crippen LogP contribution in [0.1, 0.15) is 18.4 Å². The van der Waals surface area contributed by atoms with Crippen molar-refractivity contribution in [2.75, 3.05) is 13.1 Å². The Labute approximate surface area is 141 Å². The van der Waals surface area contributed by atoms with Crippen LogP contribution in [0.5, 0.6) is 0 Å². The van der Waals surface area contributed by atoms with Gasteiger partial charge in [-0.05, 0) is 32.3 Å². The molecule has 24 heavy (non-hydrogen) atoms. The molecular formula is C22H22NO+. The van der Waals surface area contributed by atoms with E-state index in [4.69, 9.17) is 0 Å². The SMILES string of the molecule is OC1CC[NH+](Cc2ccc3ccc4cccc5ccc2c3c45)CC1. The summed E-state index contributed by atoms with van der Waals surface area (Å²) in [7, 11) is 0. The van der Waals surface area contributed by atoms with Crippen molar-refractivity contribution in [1.29, 1.82) is 0 Å². The van der Waals surface area contributed by atoms with Gasteiger partial charge in [0.05, 0.1) is 19.2 Å². The Hall–Kier alpha value is -2.16. The summed E-state index contributed by atoms with van der Waals surface area (Å²) in [4.78, 5) is 1.59. The molecule has 0 saturated carbocycles. The molecule has 1 aliphatic rings. The molecule has 0 atom stereocenters. The normalized spacial score (nSPS) is 21.9. The lowest BCUT2D eigenvalue weighted by atomic mass is 9.91. The minimum atomic E-state index is -0.0879. The zero-order valence-corrected chi connectivity index (χ0v) is 13.8. The Morgan fingerprint density at radius 2 is 1.42 bits per heavy atom. The molecule has 0 radical (unpaired) electrons. The van der Waals surface area contributed by atoms with Crippen LogP contribution < -0.4 is 4.90 Å². The van der Waals surface area contributed by atoms with Gasteiger partial charge in [0.1, 0.15) is 6.54 Å². The molecule has 120 valence electrons. The predicted octanol–water partition coefficient (Wildman–Crippen LogP) is 3.12. The zero-order valence-electron chi connectivity index (χ0n) is 13.8. The van der Waals surface area contributed by atoms with Gasteiger partial charge < -0.3 is 10.0 Å². The molecular weight excluding hydrogens is 294 g/mol. The highest BCUT2D eigenvalue weighted by Crippen LogP contribution is 2.35. The quantitative estimate of drug-likeness (QED) is 0.546. The van der Waals surface area contributed by atoms with Crippen molar-refractivity contribution in [3.05, 3.63) is 60.2 Å². The zero-order chi connectivity index (χ0) is 16.1. The number of piperidine rings is 1. The molecule has 0 aliphatic carbocycles. The predicted molar refractivity (Wildman–Crippen MR) is 99.8 cm³/mol. The van der Waals surface area contributed by atoms with Crippen molar-refractivity contribution in [1.82, 2.24) is 0 Å². The van der Waals surface area contributed by atoms with Crippen LogP contribution in [0.15, 0.2) is 54.6 Å². The fourth-order valence-corrected chi connectivity index (χ4v) is 4.41. The molecule has 4 aromatic carbocycles. The van der Waals surface area contributed by atoms with Crippen molar-refractivity contribution in [2.45, 2.75) is 25.5 Å². The van der Waals surface area contributed by atoms with E-state index in [-0.39, 0.29) is 6.10 Å². The Morgan fingerprint density at radius 1 is 0.792 bits per heavy atom. The van der Waals surface area contributed by atoms with Gasteiger partial charge in [-0.3, -0.25) is 0 Å². The summed E-state index contributed by atoms with van der Waals surface area (Å²) in [5.41, 5.74) is 1.44. The van der Waals surface area contributed by atoms with E-state index in [1.807, 2.05) is 0 Å². The van der Waals surface area contributed by atoms with Gasteiger partial charge in [0.25, 0.3) is 0 Å².